The average molecular weight is 370 g/mol. The number of pyridine rings is 1. The van der Waals surface area contributed by atoms with E-state index in [0.717, 1.165) is 15.8 Å². The summed E-state index contributed by atoms with van der Waals surface area (Å²) in [5.41, 5.74) is 1.84. The molecule has 2 aromatic rings. The topological polar surface area (TPSA) is 51.2 Å². The first-order chi connectivity index (χ1) is 10.1. The molecule has 21 heavy (non-hydrogen) atoms. The lowest BCUT2D eigenvalue weighted by Gasteiger charge is -2.11. The lowest BCUT2D eigenvalue weighted by Crippen LogP contribution is -2.13. The highest BCUT2D eigenvalue weighted by atomic mass is 79.9. The summed E-state index contributed by atoms with van der Waals surface area (Å²) in [5, 5.41) is 2.79. The standard InChI is InChI=1S/C15H14BrClN2O2/c1-2-21-14-6-4-12(7-10(14)8-17)19-15(20)13-5-3-11(16)9-18-13/h3-7,9H,2,8H2,1H3,(H,19,20). The number of alkyl halides is 1. The molecule has 1 aromatic carbocycles. The van der Waals surface area contributed by atoms with Gasteiger partial charge in [-0.15, -0.1) is 11.6 Å². The average Bonchev–Trinajstić information content (AvgIpc) is 2.49. The minimum atomic E-state index is -0.271. The van der Waals surface area contributed by atoms with Gasteiger partial charge in [-0.3, -0.25) is 4.79 Å². The van der Waals surface area contributed by atoms with Crippen LogP contribution in [-0.2, 0) is 5.88 Å². The molecule has 1 N–H and O–H groups in total. The third kappa shape index (κ3) is 4.19. The highest BCUT2D eigenvalue weighted by molar-refractivity contribution is 9.10. The molecule has 0 aliphatic rings. The minimum absolute atomic E-state index is 0.271. The number of hydrogen-bond donors (Lipinski definition) is 1. The Morgan fingerprint density at radius 2 is 2.19 bits per heavy atom. The SMILES string of the molecule is CCOc1ccc(NC(=O)c2ccc(Br)cn2)cc1CCl. The smallest absolute Gasteiger partial charge is 0.274 e. The molecule has 0 fully saturated rings. The Hall–Kier alpha value is -1.59. The minimum Gasteiger partial charge on any atom is -0.494 e. The fourth-order valence-electron chi connectivity index (χ4n) is 1.76. The van der Waals surface area contributed by atoms with E-state index in [9.17, 15) is 4.79 Å². The predicted octanol–water partition coefficient (Wildman–Crippen LogP) is 4.23. The number of aromatic nitrogens is 1. The molecule has 0 saturated carbocycles. The van der Waals surface area contributed by atoms with Gasteiger partial charge in [-0.2, -0.15) is 0 Å². The summed E-state index contributed by atoms with van der Waals surface area (Å²) in [5.74, 6) is 0.773. The van der Waals surface area contributed by atoms with Crippen molar-refractivity contribution in [1.82, 2.24) is 4.98 Å². The van der Waals surface area contributed by atoms with E-state index in [1.54, 1.807) is 36.5 Å². The molecule has 0 unspecified atom stereocenters. The summed E-state index contributed by atoms with van der Waals surface area (Å²) >= 11 is 9.18. The third-order valence-corrected chi connectivity index (χ3v) is 3.48. The molecule has 2 rings (SSSR count). The summed E-state index contributed by atoms with van der Waals surface area (Å²) in [6, 6.07) is 8.79. The van der Waals surface area contributed by atoms with E-state index in [0.29, 0.717) is 23.9 Å². The number of halogens is 2. The van der Waals surface area contributed by atoms with Gasteiger partial charge in [0.15, 0.2) is 0 Å². The maximum Gasteiger partial charge on any atom is 0.274 e. The molecule has 0 aliphatic heterocycles. The van der Waals surface area contributed by atoms with E-state index in [2.05, 4.69) is 26.2 Å². The molecule has 1 aromatic heterocycles. The number of carbonyl (C=O) groups excluding carboxylic acids is 1. The van der Waals surface area contributed by atoms with Gasteiger partial charge in [-0.05, 0) is 53.2 Å². The first-order valence-electron chi connectivity index (χ1n) is 6.38. The van der Waals surface area contributed by atoms with E-state index >= 15 is 0 Å². The summed E-state index contributed by atoms with van der Waals surface area (Å²) in [6.07, 6.45) is 1.58. The largest absolute Gasteiger partial charge is 0.494 e. The number of ether oxygens (including phenoxy) is 1. The normalized spacial score (nSPS) is 10.2. The number of amides is 1. The summed E-state index contributed by atoms with van der Waals surface area (Å²) in [4.78, 5) is 16.1. The molecule has 1 heterocycles. The molecule has 0 saturated heterocycles. The zero-order valence-electron chi connectivity index (χ0n) is 11.4. The number of nitrogens with one attached hydrogen (secondary N) is 1. The van der Waals surface area contributed by atoms with Crippen LogP contribution in [0.5, 0.6) is 5.75 Å². The van der Waals surface area contributed by atoms with E-state index in [4.69, 9.17) is 16.3 Å². The Morgan fingerprint density at radius 3 is 2.81 bits per heavy atom. The van der Waals surface area contributed by atoms with Gasteiger partial charge in [0.25, 0.3) is 5.91 Å². The molecule has 0 bridgehead atoms. The second-order valence-electron chi connectivity index (χ2n) is 4.20. The van der Waals surface area contributed by atoms with Crippen LogP contribution in [0.2, 0.25) is 0 Å². The van der Waals surface area contributed by atoms with Crippen molar-refractivity contribution in [3.05, 3.63) is 52.3 Å². The van der Waals surface area contributed by atoms with Crippen LogP contribution in [0.25, 0.3) is 0 Å². The molecule has 0 atom stereocenters. The number of hydrogen-bond acceptors (Lipinski definition) is 3. The molecule has 1 amide bonds. The molecule has 110 valence electrons. The summed E-state index contributed by atoms with van der Waals surface area (Å²) < 4.78 is 6.29. The molecule has 6 heteroatoms. The van der Waals surface area contributed by atoms with Crippen molar-refractivity contribution in [2.75, 3.05) is 11.9 Å². The quantitative estimate of drug-likeness (QED) is 0.802. The number of benzene rings is 1. The van der Waals surface area contributed by atoms with Crippen molar-refractivity contribution < 1.29 is 9.53 Å². The third-order valence-electron chi connectivity index (χ3n) is 2.72. The van der Waals surface area contributed by atoms with Crippen molar-refractivity contribution in [2.45, 2.75) is 12.8 Å². The Morgan fingerprint density at radius 1 is 1.38 bits per heavy atom. The Labute approximate surface area is 136 Å². The number of rotatable bonds is 5. The van der Waals surface area contributed by atoms with Crippen LogP contribution in [-0.4, -0.2) is 17.5 Å². The van der Waals surface area contributed by atoms with Gasteiger partial charge >= 0.3 is 0 Å². The molecular formula is C15H14BrClN2O2. The molecular weight excluding hydrogens is 356 g/mol. The highest BCUT2D eigenvalue weighted by Crippen LogP contribution is 2.25. The Bertz CT molecular complexity index is 632. The van der Waals surface area contributed by atoms with Gasteiger partial charge in [0.1, 0.15) is 11.4 Å². The van der Waals surface area contributed by atoms with Crippen LogP contribution < -0.4 is 10.1 Å². The van der Waals surface area contributed by atoms with Gasteiger partial charge in [-0.25, -0.2) is 4.98 Å². The van der Waals surface area contributed by atoms with Crippen LogP contribution in [0, 0.1) is 0 Å². The lowest BCUT2D eigenvalue weighted by atomic mass is 10.2. The van der Waals surface area contributed by atoms with Gasteiger partial charge in [0.2, 0.25) is 0 Å². The zero-order chi connectivity index (χ0) is 15.2. The molecule has 0 radical (unpaired) electrons. The Balaban J connectivity index is 2.15. The number of carbonyl (C=O) groups is 1. The van der Waals surface area contributed by atoms with E-state index in [1.807, 2.05) is 6.92 Å². The van der Waals surface area contributed by atoms with Gasteiger partial charge < -0.3 is 10.1 Å². The predicted molar refractivity (Wildman–Crippen MR) is 87.1 cm³/mol. The van der Waals surface area contributed by atoms with E-state index in [1.165, 1.54) is 0 Å². The fourth-order valence-corrected chi connectivity index (χ4v) is 2.21. The van der Waals surface area contributed by atoms with Crippen molar-refractivity contribution in [3.63, 3.8) is 0 Å². The van der Waals surface area contributed by atoms with Crippen LogP contribution in [0.15, 0.2) is 41.0 Å². The Kier molecular flexibility index (Phi) is 5.59. The monoisotopic (exact) mass is 368 g/mol. The van der Waals surface area contributed by atoms with Gasteiger partial charge in [0.05, 0.1) is 12.5 Å². The van der Waals surface area contributed by atoms with Crippen LogP contribution >= 0.6 is 27.5 Å². The van der Waals surface area contributed by atoms with Crippen LogP contribution in [0.4, 0.5) is 5.69 Å². The number of anilines is 1. The maximum absolute atomic E-state index is 12.1. The van der Waals surface area contributed by atoms with Gasteiger partial charge in [0, 0.05) is 21.9 Å². The van der Waals surface area contributed by atoms with Crippen molar-refractivity contribution >= 4 is 39.1 Å². The molecule has 0 spiro atoms. The maximum atomic E-state index is 12.1. The number of nitrogens with zero attached hydrogens (tertiary/aromatic N) is 1. The zero-order valence-corrected chi connectivity index (χ0v) is 13.7. The second kappa shape index (κ2) is 7.43. The molecule has 0 aliphatic carbocycles. The van der Waals surface area contributed by atoms with Crippen molar-refractivity contribution in [1.29, 1.82) is 0 Å². The van der Waals surface area contributed by atoms with Crippen LogP contribution in [0.1, 0.15) is 23.0 Å². The lowest BCUT2D eigenvalue weighted by molar-refractivity contribution is 0.102. The first-order valence-corrected chi connectivity index (χ1v) is 7.71. The van der Waals surface area contributed by atoms with Gasteiger partial charge in [-0.1, -0.05) is 0 Å². The van der Waals surface area contributed by atoms with Crippen molar-refractivity contribution in [2.24, 2.45) is 0 Å². The summed E-state index contributed by atoms with van der Waals surface area (Å²) in [7, 11) is 0. The van der Waals surface area contributed by atoms with Crippen LogP contribution in [0.3, 0.4) is 0 Å². The fraction of sp³-hybridized carbons (Fsp3) is 0.200. The van der Waals surface area contributed by atoms with Crippen molar-refractivity contribution in [3.8, 4) is 5.75 Å². The molecule has 4 nitrogen and oxygen atoms in total. The van der Waals surface area contributed by atoms with E-state index < -0.39 is 0 Å². The highest BCUT2D eigenvalue weighted by Gasteiger charge is 2.09. The first kappa shape index (κ1) is 15.8. The second-order valence-corrected chi connectivity index (χ2v) is 5.39. The summed E-state index contributed by atoms with van der Waals surface area (Å²) in [6.45, 7) is 2.48. The van der Waals surface area contributed by atoms with E-state index in [-0.39, 0.29) is 5.91 Å².